The highest BCUT2D eigenvalue weighted by molar-refractivity contribution is 7.81. The van der Waals surface area contributed by atoms with Crippen LogP contribution in [0.5, 0.6) is 5.75 Å². The van der Waals surface area contributed by atoms with Crippen molar-refractivity contribution in [3.05, 3.63) is 29.3 Å². The topological polar surface area (TPSA) is 53.1 Å². The van der Waals surface area contributed by atoms with Crippen LogP contribution >= 0.6 is 0 Å². The number of hydrogen-bond donors (Lipinski definition) is 0. The van der Waals surface area contributed by atoms with Crippen LogP contribution in [0.4, 0.5) is 0 Å². The van der Waals surface area contributed by atoms with E-state index < -0.39 is 11.0 Å². The van der Waals surface area contributed by atoms with Crippen LogP contribution in [0.1, 0.15) is 24.0 Å². The molecule has 4 rings (SSSR count). The molecule has 0 N–H and O–H groups in total. The van der Waals surface area contributed by atoms with Crippen molar-refractivity contribution in [1.29, 1.82) is 0 Å². The Morgan fingerprint density at radius 2 is 1.89 bits per heavy atom. The van der Waals surface area contributed by atoms with E-state index in [4.69, 9.17) is 4.74 Å². The van der Waals surface area contributed by atoms with Crippen LogP contribution < -0.4 is 4.74 Å². The number of fused-ring (bicyclic) bond motifs is 1. The first-order chi connectivity index (χ1) is 13.1. The SMILES string of the molecule is CS(=O)N1CCC(C(=O)N2CCN(Cc3ccc4c(c3)OCC4)CC2)CC1. The lowest BCUT2D eigenvalue weighted by molar-refractivity contribution is -0.138. The molecule has 0 spiro atoms. The first-order valence-corrected chi connectivity index (χ1v) is 11.5. The maximum Gasteiger partial charge on any atom is 0.225 e. The van der Waals surface area contributed by atoms with Crippen molar-refractivity contribution in [2.75, 3.05) is 52.1 Å². The van der Waals surface area contributed by atoms with Crippen molar-refractivity contribution in [2.45, 2.75) is 25.8 Å². The molecule has 1 atom stereocenters. The number of hydrogen-bond acceptors (Lipinski definition) is 4. The monoisotopic (exact) mass is 391 g/mol. The molecular weight excluding hydrogens is 362 g/mol. The van der Waals surface area contributed by atoms with Crippen molar-refractivity contribution in [1.82, 2.24) is 14.1 Å². The van der Waals surface area contributed by atoms with Gasteiger partial charge in [-0.2, -0.15) is 0 Å². The van der Waals surface area contributed by atoms with E-state index >= 15 is 0 Å². The molecule has 27 heavy (non-hydrogen) atoms. The Hall–Kier alpha value is -1.44. The van der Waals surface area contributed by atoms with Crippen molar-refractivity contribution in [3.8, 4) is 5.75 Å². The number of amides is 1. The van der Waals surface area contributed by atoms with Gasteiger partial charge in [0.05, 0.1) is 17.6 Å². The van der Waals surface area contributed by atoms with E-state index in [-0.39, 0.29) is 5.92 Å². The van der Waals surface area contributed by atoms with Crippen LogP contribution in [0, 0.1) is 5.92 Å². The van der Waals surface area contributed by atoms with Crippen LogP contribution in [0.25, 0.3) is 0 Å². The smallest absolute Gasteiger partial charge is 0.225 e. The quantitative estimate of drug-likeness (QED) is 0.776. The molecule has 1 aromatic carbocycles. The third kappa shape index (κ3) is 4.36. The number of piperidine rings is 1. The average molecular weight is 392 g/mol. The summed E-state index contributed by atoms with van der Waals surface area (Å²) >= 11 is 0. The minimum atomic E-state index is -0.917. The molecule has 0 bridgehead atoms. The zero-order chi connectivity index (χ0) is 18.8. The summed E-state index contributed by atoms with van der Waals surface area (Å²) in [4.78, 5) is 17.3. The van der Waals surface area contributed by atoms with Crippen molar-refractivity contribution >= 4 is 16.9 Å². The van der Waals surface area contributed by atoms with E-state index in [1.165, 1.54) is 11.1 Å². The predicted molar refractivity (Wildman–Crippen MR) is 106 cm³/mol. The Labute approximate surface area is 164 Å². The number of piperazine rings is 1. The van der Waals surface area contributed by atoms with E-state index in [2.05, 4.69) is 23.1 Å². The molecule has 3 aliphatic rings. The number of ether oxygens (including phenoxy) is 1. The molecule has 1 amide bonds. The molecule has 3 aliphatic heterocycles. The number of carbonyl (C=O) groups excluding carboxylic acids is 1. The fourth-order valence-electron chi connectivity index (χ4n) is 4.31. The molecule has 148 valence electrons. The Kier molecular flexibility index (Phi) is 5.80. The van der Waals surface area contributed by atoms with Gasteiger partial charge in [-0.05, 0) is 30.0 Å². The summed E-state index contributed by atoms with van der Waals surface area (Å²) in [6.07, 6.45) is 4.39. The summed E-state index contributed by atoms with van der Waals surface area (Å²) in [7, 11) is -0.917. The summed E-state index contributed by atoms with van der Waals surface area (Å²) in [5.74, 6) is 1.44. The fourth-order valence-corrected chi connectivity index (χ4v) is 5.04. The molecule has 1 aromatic rings. The Morgan fingerprint density at radius 1 is 1.15 bits per heavy atom. The third-order valence-electron chi connectivity index (χ3n) is 6.02. The highest BCUT2D eigenvalue weighted by Crippen LogP contribution is 2.27. The van der Waals surface area contributed by atoms with Gasteiger partial charge >= 0.3 is 0 Å². The van der Waals surface area contributed by atoms with E-state index in [1.807, 2.05) is 9.21 Å². The normalized spacial score (nSPS) is 23.1. The van der Waals surface area contributed by atoms with E-state index in [0.717, 1.165) is 77.4 Å². The van der Waals surface area contributed by atoms with Crippen molar-refractivity contribution in [3.63, 3.8) is 0 Å². The summed E-state index contributed by atoms with van der Waals surface area (Å²) in [6, 6.07) is 6.56. The van der Waals surface area contributed by atoms with Crippen LogP contribution in [-0.2, 0) is 28.7 Å². The zero-order valence-corrected chi connectivity index (χ0v) is 16.9. The van der Waals surface area contributed by atoms with Gasteiger partial charge in [-0.3, -0.25) is 9.69 Å². The molecule has 3 heterocycles. The van der Waals surface area contributed by atoms with Crippen LogP contribution in [0.3, 0.4) is 0 Å². The second-order valence-corrected chi connectivity index (χ2v) is 9.13. The lowest BCUT2D eigenvalue weighted by Gasteiger charge is -2.38. The fraction of sp³-hybridized carbons (Fsp3) is 0.650. The van der Waals surface area contributed by atoms with Gasteiger partial charge in [-0.25, -0.2) is 8.51 Å². The number of rotatable bonds is 4. The Bertz CT molecular complexity index is 710. The Balaban J connectivity index is 1.25. The minimum Gasteiger partial charge on any atom is -0.493 e. The summed E-state index contributed by atoms with van der Waals surface area (Å²) in [5.41, 5.74) is 2.60. The molecular formula is C20H29N3O3S. The lowest BCUT2D eigenvalue weighted by atomic mass is 9.96. The maximum atomic E-state index is 12.8. The molecule has 2 saturated heterocycles. The molecule has 6 nitrogen and oxygen atoms in total. The molecule has 0 radical (unpaired) electrons. The van der Waals surface area contributed by atoms with Crippen molar-refractivity contribution < 1.29 is 13.7 Å². The van der Waals surface area contributed by atoms with E-state index in [1.54, 1.807) is 6.26 Å². The maximum absolute atomic E-state index is 12.8. The molecule has 0 aromatic heterocycles. The average Bonchev–Trinajstić information content (AvgIpc) is 3.16. The third-order valence-corrected chi connectivity index (χ3v) is 7.11. The number of nitrogens with zero attached hydrogens (tertiary/aromatic N) is 3. The molecule has 0 saturated carbocycles. The second-order valence-electron chi connectivity index (χ2n) is 7.77. The first-order valence-electron chi connectivity index (χ1n) is 9.94. The highest BCUT2D eigenvalue weighted by Gasteiger charge is 2.31. The molecule has 2 fully saturated rings. The second kappa shape index (κ2) is 8.29. The zero-order valence-electron chi connectivity index (χ0n) is 16.1. The van der Waals surface area contributed by atoms with Crippen LogP contribution in [-0.4, -0.2) is 76.4 Å². The van der Waals surface area contributed by atoms with Crippen molar-refractivity contribution in [2.24, 2.45) is 5.92 Å². The standard InChI is InChI=1S/C20H29N3O3S/c1-27(25)23-7-4-18(5-8-23)20(24)22-11-9-21(10-12-22)15-16-2-3-17-6-13-26-19(17)14-16/h2-3,14,18H,4-13,15H2,1H3. The molecule has 1 unspecified atom stereocenters. The van der Waals surface area contributed by atoms with Gasteiger partial charge in [0.25, 0.3) is 0 Å². The molecule has 7 heteroatoms. The van der Waals surface area contributed by atoms with E-state index in [9.17, 15) is 9.00 Å². The van der Waals surface area contributed by atoms with Gasteiger partial charge < -0.3 is 9.64 Å². The highest BCUT2D eigenvalue weighted by atomic mass is 32.2. The first kappa shape index (κ1) is 18.9. The lowest BCUT2D eigenvalue weighted by Crippen LogP contribution is -2.51. The Morgan fingerprint density at radius 3 is 2.59 bits per heavy atom. The van der Waals surface area contributed by atoms with Gasteiger partial charge in [0.2, 0.25) is 5.91 Å². The largest absolute Gasteiger partial charge is 0.493 e. The summed E-state index contributed by atoms with van der Waals surface area (Å²) < 4.78 is 19.2. The van der Waals surface area contributed by atoms with Crippen LogP contribution in [0.15, 0.2) is 18.2 Å². The summed E-state index contributed by atoms with van der Waals surface area (Å²) in [5, 5.41) is 0. The van der Waals surface area contributed by atoms with Gasteiger partial charge in [-0.1, -0.05) is 12.1 Å². The van der Waals surface area contributed by atoms with E-state index in [0.29, 0.717) is 5.91 Å². The van der Waals surface area contributed by atoms with Gasteiger partial charge in [0, 0.05) is 64.4 Å². The van der Waals surface area contributed by atoms with Gasteiger partial charge in [0.1, 0.15) is 5.75 Å². The molecule has 0 aliphatic carbocycles. The van der Waals surface area contributed by atoms with Gasteiger partial charge in [-0.15, -0.1) is 0 Å². The van der Waals surface area contributed by atoms with Gasteiger partial charge in [0.15, 0.2) is 0 Å². The minimum absolute atomic E-state index is 0.102. The van der Waals surface area contributed by atoms with Crippen LogP contribution in [0.2, 0.25) is 0 Å². The summed E-state index contributed by atoms with van der Waals surface area (Å²) in [6.45, 7) is 6.69. The number of carbonyl (C=O) groups is 1. The number of benzene rings is 1. The predicted octanol–water partition coefficient (Wildman–Crippen LogP) is 1.27.